The van der Waals surface area contributed by atoms with Crippen molar-refractivity contribution in [1.82, 2.24) is 4.68 Å². The lowest BCUT2D eigenvalue weighted by atomic mass is 10.2. The highest BCUT2D eigenvalue weighted by molar-refractivity contribution is 5.79. The standard InChI is InChI=1S/C9H10F2N2O2/c10-9(11)5-7(15-8(9)14)6-12-13-3-1-2-4-13/h1-4,7,12H,5-6H2. The number of carbonyl (C=O) groups excluding carboxylic acids is 1. The molecule has 1 atom stereocenters. The molecule has 4 nitrogen and oxygen atoms in total. The van der Waals surface area contributed by atoms with Crippen molar-refractivity contribution >= 4 is 5.97 Å². The molecule has 6 heteroatoms. The van der Waals surface area contributed by atoms with Crippen LogP contribution in [-0.2, 0) is 9.53 Å². The van der Waals surface area contributed by atoms with E-state index in [1.807, 2.05) is 0 Å². The Kier molecular flexibility index (Phi) is 2.34. The Morgan fingerprint density at radius 1 is 1.53 bits per heavy atom. The molecule has 1 unspecified atom stereocenters. The summed E-state index contributed by atoms with van der Waals surface area (Å²) in [5.74, 6) is -4.76. The molecule has 1 aliphatic rings. The van der Waals surface area contributed by atoms with Gasteiger partial charge in [-0.15, -0.1) is 0 Å². The molecule has 15 heavy (non-hydrogen) atoms. The number of hydrogen-bond acceptors (Lipinski definition) is 3. The molecule has 0 spiro atoms. The lowest BCUT2D eigenvalue weighted by Gasteiger charge is -2.11. The van der Waals surface area contributed by atoms with Crippen LogP contribution >= 0.6 is 0 Å². The molecule has 1 N–H and O–H groups in total. The molecule has 2 rings (SSSR count). The van der Waals surface area contributed by atoms with E-state index >= 15 is 0 Å². The Morgan fingerprint density at radius 2 is 2.20 bits per heavy atom. The normalized spacial score (nSPS) is 23.9. The highest BCUT2D eigenvalue weighted by Gasteiger charge is 2.50. The largest absolute Gasteiger partial charge is 0.456 e. The minimum Gasteiger partial charge on any atom is -0.456 e. The maximum atomic E-state index is 12.7. The number of cyclic esters (lactones) is 1. The highest BCUT2D eigenvalue weighted by Crippen LogP contribution is 2.30. The van der Waals surface area contributed by atoms with Crippen LogP contribution in [0.2, 0.25) is 0 Å². The van der Waals surface area contributed by atoms with Gasteiger partial charge in [0.2, 0.25) is 0 Å². The molecular formula is C9H10F2N2O2. The summed E-state index contributed by atoms with van der Waals surface area (Å²) in [6, 6.07) is 3.59. The van der Waals surface area contributed by atoms with Crippen molar-refractivity contribution < 1.29 is 18.3 Å². The molecule has 0 saturated carbocycles. The molecule has 1 saturated heterocycles. The second-order valence-corrected chi connectivity index (χ2v) is 3.39. The van der Waals surface area contributed by atoms with E-state index in [-0.39, 0.29) is 6.54 Å². The lowest BCUT2D eigenvalue weighted by Crippen LogP contribution is -2.25. The maximum Gasteiger partial charge on any atom is 0.377 e. The molecule has 0 amide bonds. The number of halogens is 2. The fraction of sp³-hybridized carbons (Fsp3) is 0.444. The third-order valence-electron chi connectivity index (χ3n) is 2.16. The van der Waals surface area contributed by atoms with Gasteiger partial charge in [0.25, 0.3) is 0 Å². The number of carbonyl (C=O) groups is 1. The van der Waals surface area contributed by atoms with Gasteiger partial charge in [-0.2, -0.15) is 8.78 Å². The van der Waals surface area contributed by atoms with Crippen LogP contribution in [0.25, 0.3) is 0 Å². The summed E-state index contributed by atoms with van der Waals surface area (Å²) in [5, 5.41) is 0. The van der Waals surface area contributed by atoms with Crippen LogP contribution in [0.15, 0.2) is 24.5 Å². The molecule has 0 aliphatic carbocycles. The monoisotopic (exact) mass is 216 g/mol. The van der Waals surface area contributed by atoms with E-state index in [9.17, 15) is 13.6 Å². The molecule has 1 aromatic rings. The second-order valence-electron chi connectivity index (χ2n) is 3.39. The van der Waals surface area contributed by atoms with Crippen molar-refractivity contribution in [3.05, 3.63) is 24.5 Å². The Hall–Kier alpha value is -1.59. The maximum absolute atomic E-state index is 12.7. The van der Waals surface area contributed by atoms with Gasteiger partial charge in [-0.3, -0.25) is 4.68 Å². The minimum absolute atomic E-state index is 0.177. The van der Waals surface area contributed by atoms with E-state index in [0.29, 0.717) is 0 Å². The van der Waals surface area contributed by atoms with Gasteiger partial charge in [0, 0.05) is 12.4 Å². The predicted octanol–water partition coefficient (Wildman–Crippen LogP) is 0.982. The predicted molar refractivity (Wildman–Crippen MR) is 48.1 cm³/mol. The molecule has 0 radical (unpaired) electrons. The van der Waals surface area contributed by atoms with Crippen molar-refractivity contribution in [3.63, 3.8) is 0 Å². The molecular weight excluding hydrogens is 206 g/mol. The number of nitrogens with zero attached hydrogens (tertiary/aromatic N) is 1. The molecule has 2 heterocycles. The summed E-state index contributed by atoms with van der Waals surface area (Å²) in [5.41, 5.74) is 2.83. The second kappa shape index (κ2) is 3.52. The Bertz CT molecular complexity index is 351. The van der Waals surface area contributed by atoms with Crippen LogP contribution in [-0.4, -0.2) is 29.2 Å². The first-order valence-corrected chi connectivity index (χ1v) is 4.54. The molecule has 1 aliphatic heterocycles. The summed E-state index contributed by atoms with van der Waals surface area (Å²) < 4.78 is 31.6. The van der Waals surface area contributed by atoms with E-state index in [0.717, 1.165) is 0 Å². The van der Waals surface area contributed by atoms with E-state index in [2.05, 4.69) is 10.2 Å². The lowest BCUT2D eigenvalue weighted by molar-refractivity contribution is -0.158. The quantitative estimate of drug-likeness (QED) is 0.766. The van der Waals surface area contributed by atoms with Gasteiger partial charge >= 0.3 is 11.9 Å². The number of nitrogens with one attached hydrogen (secondary N) is 1. The van der Waals surface area contributed by atoms with Crippen molar-refractivity contribution in [2.45, 2.75) is 18.4 Å². The molecule has 1 fully saturated rings. The smallest absolute Gasteiger partial charge is 0.377 e. The van der Waals surface area contributed by atoms with Crippen LogP contribution in [0.5, 0.6) is 0 Å². The first-order valence-electron chi connectivity index (χ1n) is 4.54. The number of aromatic nitrogens is 1. The number of hydrogen-bond donors (Lipinski definition) is 1. The van der Waals surface area contributed by atoms with Gasteiger partial charge in [0.1, 0.15) is 6.10 Å². The van der Waals surface area contributed by atoms with Crippen LogP contribution in [0.3, 0.4) is 0 Å². The van der Waals surface area contributed by atoms with Crippen LogP contribution < -0.4 is 5.43 Å². The van der Waals surface area contributed by atoms with Crippen molar-refractivity contribution in [3.8, 4) is 0 Å². The Labute approximate surface area is 84.8 Å². The third-order valence-corrected chi connectivity index (χ3v) is 2.16. The first-order chi connectivity index (χ1) is 7.08. The fourth-order valence-corrected chi connectivity index (χ4v) is 1.41. The summed E-state index contributed by atoms with van der Waals surface area (Å²) >= 11 is 0. The average Bonchev–Trinajstić information content (AvgIpc) is 2.72. The van der Waals surface area contributed by atoms with Gasteiger partial charge in [-0.25, -0.2) is 4.79 Å². The van der Waals surface area contributed by atoms with Crippen molar-refractivity contribution in [2.75, 3.05) is 12.0 Å². The molecule has 82 valence electrons. The summed E-state index contributed by atoms with van der Waals surface area (Å²) in [6.45, 7) is 0.177. The van der Waals surface area contributed by atoms with Crippen LogP contribution in [0.1, 0.15) is 6.42 Å². The van der Waals surface area contributed by atoms with Crippen molar-refractivity contribution in [2.24, 2.45) is 0 Å². The van der Waals surface area contributed by atoms with E-state index in [1.54, 1.807) is 29.2 Å². The van der Waals surface area contributed by atoms with Crippen LogP contribution in [0, 0.1) is 0 Å². The number of alkyl halides is 2. The molecule has 1 aromatic heterocycles. The van der Waals surface area contributed by atoms with E-state index < -0.39 is 24.4 Å². The highest BCUT2D eigenvalue weighted by atomic mass is 19.3. The summed E-state index contributed by atoms with van der Waals surface area (Å²) in [7, 11) is 0. The molecule has 0 bridgehead atoms. The van der Waals surface area contributed by atoms with E-state index in [4.69, 9.17) is 0 Å². The zero-order valence-corrected chi connectivity index (χ0v) is 7.82. The zero-order chi connectivity index (χ0) is 10.9. The number of ether oxygens (including phenoxy) is 1. The Balaban J connectivity index is 1.85. The average molecular weight is 216 g/mol. The third kappa shape index (κ3) is 2.08. The van der Waals surface area contributed by atoms with Crippen molar-refractivity contribution in [1.29, 1.82) is 0 Å². The zero-order valence-electron chi connectivity index (χ0n) is 7.82. The Morgan fingerprint density at radius 3 is 2.73 bits per heavy atom. The van der Waals surface area contributed by atoms with Crippen LogP contribution in [0.4, 0.5) is 8.78 Å². The summed E-state index contributed by atoms with van der Waals surface area (Å²) in [6.07, 6.45) is 2.14. The fourth-order valence-electron chi connectivity index (χ4n) is 1.41. The van der Waals surface area contributed by atoms with Gasteiger partial charge < -0.3 is 10.2 Å². The number of esters is 1. The van der Waals surface area contributed by atoms with Gasteiger partial charge in [0.05, 0.1) is 13.0 Å². The van der Waals surface area contributed by atoms with Gasteiger partial charge in [-0.1, -0.05) is 0 Å². The van der Waals surface area contributed by atoms with Gasteiger partial charge in [-0.05, 0) is 12.1 Å². The van der Waals surface area contributed by atoms with Gasteiger partial charge in [0.15, 0.2) is 0 Å². The molecule has 0 aromatic carbocycles. The topological polar surface area (TPSA) is 43.3 Å². The summed E-state index contributed by atoms with van der Waals surface area (Å²) in [4.78, 5) is 10.7. The SMILES string of the molecule is O=C1OC(CNn2cccc2)CC1(F)F. The minimum atomic E-state index is -3.33. The first kappa shape index (κ1) is 9.95. The number of rotatable bonds is 3. The van der Waals surface area contributed by atoms with E-state index in [1.165, 1.54) is 0 Å².